The molecule has 0 spiro atoms. The van der Waals surface area contributed by atoms with Gasteiger partial charge in [-0.2, -0.15) is 0 Å². The summed E-state index contributed by atoms with van der Waals surface area (Å²) in [6.45, 7) is 5.61. The van der Waals surface area contributed by atoms with Crippen molar-refractivity contribution in [3.8, 4) is 5.75 Å². The summed E-state index contributed by atoms with van der Waals surface area (Å²) < 4.78 is 5.63. The first-order chi connectivity index (χ1) is 9.69. The molecule has 0 aliphatic heterocycles. The molecular weight excluding hydrogens is 270 g/mol. The fourth-order valence-corrected chi connectivity index (χ4v) is 2.05. The molecule has 0 atom stereocenters. The van der Waals surface area contributed by atoms with Gasteiger partial charge >= 0.3 is 0 Å². The maximum atomic E-state index is 6.12. The number of aryl methyl sites for hydroxylation is 1. The Labute approximate surface area is 125 Å². The third-order valence-corrected chi connectivity index (χ3v) is 3.45. The number of rotatable bonds is 6. The Bertz CT molecular complexity index is 569. The third kappa shape index (κ3) is 4.17. The summed E-state index contributed by atoms with van der Waals surface area (Å²) in [5.74, 6) is 0.924. The highest BCUT2D eigenvalue weighted by atomic mass is 35.5. The molecule has 0 heterocycles. The molecule has 106 valence electrons. The highest BCUT2D eigenvalue weighted by Crippen LogP contribution is 2.21. The fraction of sp³-hybridized carbons (Fsp3) is 0.294. The lowest BCUT2D eigenvalue weighted by Gasteiger charge is -2.10. The van der Waals surface area contributed by atoms with E-state index in [1.54, 1.807) is 0 Å². The van der Waals surface area contributed by atoms with Crippen molar-refractivity contribution >= 4 is 17.3 Å². The van der Waals surface area contributed by atoms with Gasteiger partial charge in [0.1, 0.15) is 5.75 Å². The van der Waals surface area contributed by atoms with Crippen LogP contribution in [0.15, 0.2) is 42.5 Å². The van der Waals surface area contributed by atoms with Crippen molar-refractivity contribution < 1.29 is 4.74 Å². The average molecular weight is 290 g/mol. The number of ether oxygens (including phenoxy) is 1. The summed E-state index contributed by atoms with van der Waals surface area (Å²) in [6.07, 6.45) is 1.02. The summed E-state index contributed by atoms with van der Waals surface area (Å²) in [7, 11) is 0. The zero-order chi connectivity index (χ0) is 14.4. The van der Waals surface area contributed by atoms with E-state index in [4.69, 9.17) is 16.3 Å². The van der Waals surface area contributed by atoms with Gasteiger partial charge in [-0.05, 0) is 48.7 Å². The van der Waals surface area contributed by atoms with Gasteiger partial charge < -0.3 is 10.1 Å². The molecule has 2 rings (SSSR count). The number of nitrogens with one attached hydrogen (secondary N) is 1. The van der Waals surface area contributed by atoms with Gasteiger partial charge in [-0.3, -0.25) is 0 Å². The van der Waals surface area contributed by atoms with Gasteiger partial charge in [0.25, 0.3) is 0 Å². The van der Waals surface area contributed by atoms with Crippen molar-refractivity contribution in [3.05, 3.63) is 58.6 Å². The first-order valence-electron chi connectivity index (χ1n) is 6.91. The highest BCUT2D eigenvalue weighted by Gasteiger charge is 2.00. The van der Waals surface area contributed by atoms with Gasteiger partial charge in [-0.1, -0.05) is 36.7 Å². The zero-order valence-electron chi connectivity index (χ0n) is 11.9. The summed E-state index contributed by atoms with van der Waals surface area (Å²) >= 11 is 6.12. The van der Waals surface area contributed by atoms with E-state index in [2.05, 4.69) is 24.4 Å². The Morgan fingerprint density at radius 3 is 2.75 bits per heavy atom. The van der Waals surface area contributed by atoms with Gasteiger partial charge in [0.05, 0.1) is 6.61 Å². The minimum absolute atomic E-state index is 0.753. The smallest absolute Gasteiger partial charge is 0.119 e. The molecule has 0 saturated carbocycles. The molecule has 0 radical (unpaired) electrons. The monoisotopic (exact) mass is 289 g/mol. The first kappa shape index (κ1) is 14.7. The Balaban J connectivity index is 1.97. The standard InChI is InChI=1S/C17H20ClNO/c1-3-9-20-16-6-4-5-14(10-16)12-19-15-8-7-13(2)17(18)11-15/h4-8,10-11,19H,3,9,12H2,1-2H3. The molecule has 0 aliphatic rings. The van der Waals surface area contributed by atoms with Crippen molar-refractivity contribution in [2.75, 3.05) is 11.9 Å². The molecule has 0 aromatic heterocycles. The predicted octanol–water partition coefficient (Wildman–Crippen LogP) is 5.05. The molecule has 0 fully saturated rings. The molecule has 2 nitrogen and oxygen atoms in total. The van der Waals surface area contributed by atoms with Crippen molar-refractivity contribution in [1.29, 1.82) is 0 Å². The summed E-state index contributed by atoms with van der Waals surface area (Å²) in [4.78, 5) is 0. The molecule has 1 N–H and O–H groups in total. The van der Waals surface area contributed by atoms with E-state index in [1.807, 2.05) is 37.3 Å². The van der Waals surface area contributed by atoms with E-state index in [0.29, 0.717) is 0 Å². The van der Waals surface area contributed by atoms with E-state index in [9.17, 15) is 0 Å². The van der Waals surface area contributed by atoms with Gasteiger partial charge in [-0.25, -0.2) is 0 Å². The van der Waals surface area contributed by atoms with Gasteiger partial charge in [-0.15, -0.1) is 0 Å². The number of hydrogen-bond donors (Lipinski definition) is 1. The van der Waals surface area contributed by atoms with Crippen LogP contribution in [-0.2, 0) is 6.54 Å². The molecule has 3 heteroatoms. The third-order valence-electron chi connectivity index (χ3n) is 3.04. The minimum Gasteiger partial charge on any atom is -0.494 e. The van der Waals surface area contributed by atoms with Crippen molar-refractivity contribution in [2.45, 2.75) is 26.8 Å². The van der Waals surface area contributed by atoms with Crippen LogP contribution in [0, 0.1) is 6.92 Å². The van der Waals surface area contributed by atoms with Crippen LogP contribution >= 0.6 is 11.6 Å². The van der Waals surface area contributed by atoms with Crippen LogP contribution in [0.2, 0.25) is 5.02 Å². The lowest BCUT2D eigenvalue weighted by atomic mass is 10.2. The first-order valence-corrected chi connectivity index (χ1v) is 7.28. The number of halogens is 1. The summed E-state index contributed by atoms with van der Waals surface area (Å²) in [6, 6.07) is 14.2. The van der Waals surface area contributed by atoms with Crippen LogP contribution in [0.4, 0.5) is 5.69 Å². The Morgan fingerprint density at radius 1 is 1.15 bits per heavy atom. The largest absolute Gasteiger partial charge is 0.494 e. The maximum absolute atomic E-state index is 6.12. The van der Waals surface area contributed by atoms with E-state index in [-0.39, 0.29) is 0 Å². The number of benzene rings is 2. The van der Waals surface area contributed by atoms with E-state index in [1.165, 1.54) is 5.56 Å². The second kappa shape index (κ2) is 7.20. The van der Waals surface area contributed by atoms with E-state index < -0.39 is 0 Å². The predicted molar refractivity (Wildman–Crippen MR) is 85.7 cm³/mol. The van der Waals surface area contributed by atoms with Crippen molar-refractivity contribution in [3.63, 3.8) is 0 Å². The number of anilines is 1. The van der Waals surface area contributed by atoms with Crippen LogP contribution in [0.5, 0.6) is 5.75 Å². The Morgan fingerprint density at radius 2 is 2.00 bits per heavy atom. The van der Waals surface area contributed by atoms with Crippen molar-refractivity contribution in [2.24, 2.45) is 0 Å². The average Bonchev–Trinajstić information content (AvgIpc) is 2.47. The topological polar surface area (TPSA) is 21.3 Å². The quantitative estimate of drug-likeness (QED) is 0.803. The van der Waals surface area contributed by atoms with Gasteiger partial charge in [0, 0.05) is 17.3 Å². The highest BCUT2D eigenvalue weighted by molar-refractivity contribution is 6.31. The summed E-state index contributed by atoms with van der Waals surface area (Å²) in [5.41, 5.74) is 3.31. The normalized spacial score (nSPS) is 10.3. The van der Waals surface area contributed by atoms with Crippen LogP contribution in [0.1, 0.15) is 24.5 Å². The Hall–Kier alpha value is -1.67. The molecule has 0 saturated heterocycles. The van der Waals surface area contributed by atoms with E-state index in [0.717, 1.165) is 41.6 Å². The Kier molecular flexibility index (Phi) is 5.31. The molecule has 20 heavy (non-hydrogen) atoms. The molecule has 2 aromatic carbocycles. The zero-order valence-corrected chi connectivity index (χ0v) is 12.7. The van der Waals surface area contributed by atoms with Crippen molar-refractivity contribution in [1.82, 2.24) is 0 Å². The minimum atomic E-state index is 0.753. The lowest BCUT2D eigenvalue weighted by molar-refractivity contribution is 0.317. The SMILES string of the molecule is CCCOc1cccc(CNc2ccc(C)c(Cl)c2)c1. The molecule has 0 unspecified atom stereocenters. The second-order valence-electron chi connectivity index (χ2n) is 4.81. The molecule has 2 aromatic rings. The maximum Gasteiger partial charge on any atom is 0.119 e. The van der Waals surface area contributed by atoms with Gasteiger partial charge in [0.2, 0.25) is 0 Å². The number of hydrogen-bond acceptors (Lipinski definition) is 2. The van der Waals surface area contributed by atoms with Gasteiger partial charge in [0.15, 0.2) is 0 Å². The summed E-state index contributed by atoms with van der Waals surface area (Å²) in [5, 5.41) is 4.16. The van der Waals surface area contributed by atoms with Crippen LogP contribution in [0.25, 0.3) is 0 Å². The fourth-order valence-electron chi connectivity index (χ4n) is 1.87. The molecule has 0 bridgehead atoms. The molecule has 0 amide bonds. The van der Waals surface area contributed by atoms with E-state index >= 15 is 0 Å². The molecular formula is C17H20ClNO. The molecule has 0 aliphatic carbocycles. The second-order valence-corrected chi connectivity index (χ2v) is 5.22. The lowest BCUT2D eigenvalue weighted by Crippen LogP contribution is -2.01. The van der Waals surface area contributed by atoms with Crippen LogP contribution in [0.3, 0.4) is 0 Å². The van der Waals surface area contributed by atoms with Crippen LogP contribution < -0.4 is 10.1 Å². The van der Waals surface area contributed by atoms with Crippen LogP contribution in [-0.4, -0.2) is 6.61 Å².